The lowest BCUT2D eigenvalue weighted by Gasteiger charge is -2.06. The summed E-state index contributed by atoms with van der Waals surface area (Å²) in [7, 11) is 2.72. The van der Waals surface area contributed by atoms with Gasteiger partial charge in [-0.05, 0) is 30.7 Å². The van der Waals surface area contributed by atoms with Gasteiger partial charge in [-0.15, -0.1) is 0 Å². The molecule has 0 aliphatic rings. The molecule has 5 nitrogen and oxygen atoms in total. The minimum Gasteiger partial charge on any atom is -0.469 e. The Morgan fingerprint density at radius 2 is 1.78 bits per heavy atom. The molecule has 0 radical (unpaired) electrons. The van der Waals surface area contributed by atoms with Crippen LogP contribution in [0.4, 0.5) is 5.69 Å². The van der Waals surface area contributed by atoms with Crippen molar-refractivity contribution in [3.63, 3.8) is 0 Å². The van der Waals surface area contributed by atoms with E-state index in [0.29, 0.717) is 24.9 Å². The Balaban J connectivity index is 2.35. The van der Waals surface area contributed by atoms with E-state index in [9.17, 15) is 9.59 Å². The molecule has 0 unspecified atom stereocenters. The lowest BCUT2D eigenvalue weighted by molar-refractivity contribution is -0.140. The first-order chi connectivity index (χ1) is 8.67. The van der Waals surface area contributed by atoms with Crippen molar-refractivity contribution in [1.29, 1.82) is 0 Å². The van der Waals surface area contributed by atoms with E-state index in [0.717, 1.165) is 5.69 Å². The summed E-state index contributed by atoms with van der Waals surface area (Å²) in [5, 5.41) is 3.15. The summed E-state index contributed by atoms with van der Waals surface area (Å²) >= 11 is 0. The zero-order chi connectivity index (χ0) is 13.4. The van der Waals surface area contributed by atoms with Crippen molar-refractivity contribution < 1.29 is 19.1 Å². The van der Waals surface area contributed by atoms with E-state index < -0.39 is 0 Å². The molecular formula is C13H17NO4. The molecule has 0 saturated heterocycles. The van der Waals surface area contributed by atoms with E-state index in [2.05, 4.69) is 14.8 Å². The van der Waals surface area contributed by atoms with Gasteiger partial charge in [0.2, 0.25) is 0 Å². The van der Waals surface area contributed by atoms with Crippen LogP contribution in [0.15, 0.2) is 24.3 Å². The first kappa shape index (κ1) is 14.0. The van der Waals surface area contributed by atoms with Gasteiger partial charge in [0.1, 0.15) is 0 Å². The number of carbonyl (C=O) groups is 2. The second kappa shape index (κ2) is 7.32. The smallest absolute Gasteiger partial charge is 0.337 e. The number of carbonyl (C=O) groups excluding carboxylic acids is 2. The SMILES string of the molecule is COC(=O)CCCNc1ccc(C(=O)OC)cc1. The molecule has 0 aliphatic carbocycles. The molecule has 0 aliphatic heterocycles. The minimum absolute atomic E-state index is 0.210. The zero-order valence-corrected chi connectivity index (χ0v) is 10.6. The first-order valence-corrected chi connectivity index (χ1v) is 5.66. The second-order valence-electron chi connectivity index (χ2n) is 3.68. The van der Waals surface area contributed by atoms with Crippen LogP contribution in [0.2, 0.25) is 0 Å². The number of methoxy groups -OCH3 is 2. The van der Waals surface area contributed by atoms with E-state index in [1.54, 1.807) is 24.3 Å². The average molecular weight is 251 g/mol. The Hall–Kier alpha value is -2.04. The van der Waals surface area contributed by atoms with Crippen molar-refractivity contribution in [2.24, 2.45) is 0 Å². The van der Waals surface area contributed by atoms with Gasteiger partial charge >= 0.3 is 11.9 Å². The Kier molecular flexibility index (Phi) is 5.70. The number of ether oxygens (including phenoxy) is 2. The van der Waals surface area contributed by atoms with Gasteiger partial charge in [0.05, 0.1) is 19.8 Å². The van der Waals surface area contributed by atoms with Crippen LogP contribution in [-0.2, 0) is 14.3 Å². The third-order valence-electron chi connectivity index (χ3n) is 2.42. The fourth-order valence-electron chi connectivity index (χ4n) is 1.41. The lowest BCUT2D eigenvalue weighted by Crippen LogP contribution is -2.07. The molecule has 1 rings (SSSR count). The summed E-state index contributed by atoms with van der Waals surface area (Å²) < 4.78 is 9.14. The predicted molar refractivity (Wildman–Crippen MR) is 67.5 cm³/mol. The summed E-state index contributed by atoms with van der Waals surface area (Å²) in [5.74, 6) is -0.565. The molecule has 0 bridgehead atoms. The van der Waals surface area contributed by atoms with Crippen LogP contribution in [0.1, 0.15) is 23.2 Å². The van der Waals surface area contributed by atoms with Gasteiger partial charge < -0.3 is 14.8 Å². The second-order valence-corrected chi connectivity index (χ2v) is 3.68. The Morgan fingerprint density at radius 3 is 2.33 bits per heavy atom. The normalized spacial score (nSPS) is 9.67. The van der Waals surface area contributed by atoms with E-state index >= 15 is 0 Å². The van der Waals surface area contributed by atoms with E-state index in [1.807, 2.05) is 0 Å². The van der Waals surface area contributed by atoms with Crippen LogP contribution in [0, 0.1) is 0 Å². The van der Waals surface area contributed by atoms with Gasteiger partial charge in [0.25, 0.3) is 0 Å². The van der Waals surface area contributed by atoms with Gasteiger partial charge in [-0.1, -0.05) is 0 Å². The predicted octanol–water partition coefficient (Wildman–Crippen LogP) is 1.84. The molecule has 98 valence electrons. The van der Waals surface area contributed by atoms with E-state index in [-0.39, 0.29) is 11.9 Å². The quantitative estimate of drug-likeness (QED) is 0.617. The van der Waals surface area contributed by atoms with Crippen molar-refractivity contribution in [3.05, 3.63) is 29.8 Å². The number of benzene rings is 1. The lowest BCUT2D eigenvalue weighted by atomic mass is 10.2. The molecule has 1 aromatic carbocycles. The van der Waals surface area contributed by atoms with Crippen LogP contribution in [0.3, 0.4) is 0 Å². The molecule has 0 fully saturated rings. The maximum absolute atomic E-state index is 11.2. The molecule has 5 heteroatoms. The van der Waals surface area contributed by atoms with E-state index in [1.165, 1.54) is 14.2 Å². The topological polar surface area (TPSA) is 64.6 Å². The molecule has 0 aromatic heterocycles. The number of hydrogen-bond acceptors (Lipinski definition) is 5. The highest BCUT2D eigenvalue weighted by Gasteiger charge is 2.04. The summed E-state index contributed by atoms with van der Waals surface area (Å²) in [6, 6.07) is 6.97. The van der Waals surface area contributed by atoms with Crippen molar-refractivity contribution in [1.82, 2.24) is 0 Å². The average Bonchev–Trinajstić information content (AvgIpc) is 2.43. The van der Waals surface area contributed by atoms with Gasteiger partial charge in [-0.2, -0.15) is 0 Å². The number of hydrogen-bond donors (Lipinski definition) is 1. The largest absolute Gasteiger partial charge is 0.469 e. The van der Waals surface area contributed by atoms with Gasteiger partial charge in [-0.25, -0.2) is 4.79 Å². The number of rotatable bonds is 6. The monoisotopic (exact) mass is 251 g/mol. The third-order valence-corrected chi connectivity index (χ3v) is 2.42. The maximum atomic E-state index is 11.2. The Bertz CT molecular complexity index is 400. The molecular weight excluding hydrogens is 234 g/mol. The number of esters is 2. The fourth-order valence-corrected chi connectivity index (χ4v) is 1.41. The summed E-state index contributed by atoms with van der Waals surface area (Å²) in [6.45, 7) is 0.673. The van der Waals surface area contributed by atoms with Crippen LogP contribution in [-0.4, -0.2) is 32.7 Å². The molecule has 18 heavy (non-hydrogen) atoms. The molecule has 0 spiro atoms. The van der Waals surface area contributed by atoms with Crippen LogP contribution < -0.4 is 5.32 Å². The summed E-state index contributed by atoms with van der Waals surface area (Å²) in [4.78, 5) is 22.1. The summed E-state index contributed by atoms with van der Waals surface area (Å²) in [6.07, 6.45) is 1.09. The highest BCUT2D eigenvalue weighted by Crippen LogP contribution is 2.10. The zero-order valence-electron chi connectivity index (χ0n) is 10.6. The minimum atomic E-state index is -0.354. The number of anilines is 1. The highest BCUT2D eigenvalue weighted by atomic mass is 16.5. The molecule has 0 heterocycles. The standard InChI is InChI=1S/C13H17NO4/c1-17-12(15)4-3-9-14-11-7-5-10(6-8-11)13(16)18-2/h5-8,14H,3-4,9H2,1-2H3. The molecule has 0 saturated carbocycles. The van der Waals surface area contributed by atoms with Crippen LogP contribution >= 0.6 is 0 Å². The molecule has 1 aromatic rings. The fraction of sp³-hybridized carbons (Fsp3) is 0.385. The first-order valence-electron chi connectivity index (χ1n) is 5.66. The summed E-state index contributed by atoms with van der Waals surface area (Å²) in [5.41, 5.74) is 1.41. The van der Waals surface area contributed by atoms with E-state index in [4.69, 9.17) is 0 Å². The Labute approximate surface area is 106 Å². The molecule has 0 atom stereocenters. The van der Waals surface area contributed by atoms with Crippen molar-refractivity contribution in [2.75, 3.05) is 26.1 Å². The Morgan fingerprint density at radius 1 is 1.11 bits per heavy atom. The number of nitrogens with one attached hydrogen (secondary N) is 1. The van der Waals surface area contributed by atoms with Crippen molar-refractivity contribution in [2.45, 2.75) is 12.8 Å². The maximum Gasteiger partial charge on any atom is 0.337 e. The van der Waals surface area contributed by atoms with Gasteiger partial charge in [0, 0.05) is 18.7 Å². The van der Waals surface area contributed by atoms with Crippen molar-refractivity contribution in [3.8, 4) is 0 Å². The highest BCUT2D eigenvalue weighted by molar-refractivity contribution is 5.89. The third kappa shape index (κ3) is 4.45. The van der Waals surface area contributed by atoms with Gasteiger partial charge in [-0.3, -0.25) is 4.79 Å². The van der Waals surface area contributed by atoms with Gasteiger partial charge in [0.15, 0.2) is 0 Å². The molecule has 1 N–H and O–H groups in total. The van der Waals surface area contributed by atoms with Crippen LogP contribution in [0.25, 0.3) is 0 Å². The van der Waals surface area contributed by atoms with Crippen molar-refractivity contribution >= 4 is 17.6 Å². The molecule has 0 amide bonds. The van der Waals surface area contributed by atoms with Crippen LogP contribution in [0.5, 0.6) is 0 Å².